The molecule has 0 aliphatic heterocycles. The zero-order valence-corrected chi connectivity index (χ0v) is 15.3. The van der Waals surface area contributed by atoms with Crippen LogP contribution in [0.1, 0.15) is 0 Å². The van der Waals surface area contributed by atoms with Crippen LogP contribution in [-0.2, 0) is 14.0 Å². The molecule has 0 aromatic carbocycles. The maximum absolute atomic E-state index is 13.4. The average Bonchev–Trinajstić information content (AvgIpc) is 2.70. The van der Waals surface area contributed by atoms with Crippen LogP contribution in [-0.4, -0.2) is 82.0 Å². The van der Waals surface area contributed by atoms with E-state index in [0.717, 1.165) is 0 Å². The van der Waals surface area contributed by atoms with Crippen molar-refractivity contribution in [3.05, 3.63) is 0 Å². The normalized spacial score (nSPS) is 19.3. The van der Waals surface area contributed by atoms with Crippen molar-refractivity contribution in [2.24, 2.45) is 0 Å². The number of halogens is 18. The standard InChI is InChI=1S/C12H9BF18O3/c14-1(4(17)18)10(26,27)7(23)32-13(33-8(24)11(28,29)2(15)5(19)20)34-9(25)12(30,31)3(16)6(21)22/h1-9H. The van der Waals surface area contributed by atoms with Crippen molar-refractivity contribution in [3.63, 3.8) is 0 Å². The third-order valence-electron chi connectivity index (χ3n) is 3.37. The van der Waals surface area contributed by atoms with E-state index in [1.165, 1.54) is 0 Å². The van der Waals surface area contributed by atoms with Crippen molar-refractivity contribution in [3.8, 4) is 0 Å². The third kappa shape index (κ3) is 7.85. The lowest BCUT2D eigenvalue weighted by Gasteiger charge is -2.30. The van der Waals surface area contributed by atoms with Crippen LogP contribution in [0.15, 0.2) is 0 Å². The summed E-state index contributed by atoms with van der Waals surface area (Å²) >= 11 is 0. The van der Waals surface area contributed by atoms with Crippen molar-refractivity contribution >= 4 is 7.32 Å². The van der Waals surface area contributed by atoms with Crippen LogP contribution in [0.5, 0.6) is 0 Å². The van der Waals surface area contributed by atoms with Crippen molar-refractivity contribution in [1.82, 2.24) is 0 Å². The average molecular weight is 554 g/mol. The van der Waals surface area contributed by atoms with Gasteiger partial charge in [-0.25, -0.2) is 52.7 Å². The molecule has 0 radical (unpaired) electrons. The van der Waals surface area contributed by atoms with E-state index in [9.17, 15) is 79.0 Å². The molecule has 34 heavy (non-hydrogen) atoms. The van der Waals surface area contributed by atoms with Crippen LogP contribution >= 0.6 is 0 Å². The number of hydrogen-bond donors (Lipinski definition) is 0. The molecular formula is C12H9BF18O3. The lowest BCUT2D eigenvalue weighted by Crippen LogP contribution is -2.54. The highest BCUT2D eigenvalue weighted by molar-refractivity contribution is 6.36. The molecule has 22 heteroatoms. The smallest absolute Gasteiger partial charge is 0.351 e. The molecule has 0 N–H and O–H groups in total. The van der Waals surface area contributed by atoms with E-state index in [2.05, 4.69) is 14.0 Å². The monoisotopic (exact) mass is 554 g/mol. The molecule has 0 amide bonds. The van der Waals surface area contributed by atoms with E-state index in [1.807, 2.05) is 0 Å². The molecule has 0 aromatic rings. The Kier molecular flexibility index (Phi) is 11.6. The summed E-state index contributed by atoms with van der Waals surface area (Å²) in [5.74, 6) is -18.3. The highest BCUT2D eigenvalue weighted by atomic mass is 19.3. The van der Waals surface area contributed by atoms with Gasteiger partial charge in [-0.15, -0.1) is 0 Å². The quantitative estimate of drug-likeness (QED) is 0.195. The van der Waals surface area contributed by atoms with E-state index in [0.29, 0.717) is 0 Å². The SMILES string of the molecule is FC(F)C(F)C(F)(F)C(F)OB(OC(F)C(F)(F)C(F)C(F)F)OC(F)C(F)(F)C(F)C(F)F. The van der Waals surface area contributed by atoms with E-state index in [-0.39, 0.29) is 0 Å². The first kappa shape index (κ1) is 32.7. The van der Waals surface area contributed by atoms with Gasteiger partial charge >= 0.3 is 25.1 Å². The molecule has 0 aliphatic carbocycles. The summed E-state index contributed by atoms with van der Waals surface area (Å²) in [5.41, 5.74) is 0. The molecular weight excluding hydrogens is 545 g/mol. The first-order valence-electron chi connectivity index (χ1n) is 7.90. The molecule has 0 saturated heterocycles. The maximum Gasteiger partial charge on any atom is 0.646 e. The summed E-state index contributed by atoms with van der Waals surface area (Å²) in [6, 6.07) is 0. The highest BCUT2D eigenvalue weighted by Crippen LogP contribution is 2.37. The molecule has 0 spiro atoms. The molecule has 0 bridgehead atoms. The zero-order chi connectivity index (χ0) is 27.4. The van der Waals surface area contributed by atoms with Gasteiger partial charge in [-0.05, 0) is 0 Å². The molecule has 0 fully saturated rings. The zero-order valence-electron chi connectivity index (χ0n) is 15.3. The molecule has 0 rings (SSSR count). The number of alkyl halides is 18. The molecule has 6 atom stereocenters. The largest absolute Gasteiger partial charge is 0.646 e. The lowest BCUT2D eigenvalue weighted by molar-refractivity contribution is -0.263. The van der Waals surface area contributed by atoms with Gasteiger partial charge in [-0.2, -0.15) is 26.3 Å². The molecule has 0 saturated carbocycles. The minimum atomic E-state index is -6.10. The summed E-state index contributed by atoms with van der Waals surface area (Å²) in [5, 5.41) is 0. The Labute approximate surface area is 176 Å². The van der Waals surface area contributed by atoms with Gasteiger partial charge in [0.25, 0.3) is 38.3 Å². The van der Waals surface area contributed by atoms with Crippen molar-refractivity contribution in [2.45, 2.75) is 74.6 Å². The fourth-order valence-corrected chi connectivity index (χ4v) is 1.54. The molecule has 6 unspecified atom stereocenters. The molecule has 3 nitrogen and oxygen atoms in total. The third-order valence-corrected chi connectivity index (χ3v) is 3.37. The van der Waals surface area contributed by atoms with E-state index in [1.54, 1.807) is 0 Å². The van der Waals surface area contributed by atoms with Gasteiger partial charge in [-0.1, -0.05) is 0 Å². The summed E-state index contributed by atoms with van der Waals surface area (Å²) in [6.07, 6.45) is -43.7. The second-order valence-corrected chi connectivity index (χ2v) is 5.88. The molecule has 204 valence electrons. The van der Waals surface area contributed by atoms with Gasteiger partial charge in [0.1, 0.15) is 0 Å². The van der Waals surface area contributed by atoms with Gasteiger partial charge < -0.3 is 14.0 Å². The molecule has 0 heterocycles. The van der Waals surface area contributed by atoms with Crippen LogP contribution in [0.3, 0.4) is 0 Å². The predicted octanol–water partition coefficient (Wildman–Crippen LogP) is 5.62. The van der Waals surface area contributed by atoms with Crippen molar-refractivity contribution < 1.29 is 93.0 Å². The van der Waals surface area contributed by atoms with Crippen LogP contribution in [0.4, 0.5) is 79.0 Å². The Morgan fingerprint density at radius 1 is 0.382 bits per heavy atom. The van der Waals surface area contributed by atoms with Gasteiger partial charge in [0, 0.05) is 0 Å². The Morgan fingerprint density at radius 2 is 0.559 bits per heavy atom. The van der Waals surface area contributed by atoms with Crippen LogP contribution in [0, 0.1) is 0 Å². The Bertz CT molecular complexity index is 530. The molecule has 0 aliphatic rings. The second kappa shape index (κ2) is 12.1. The Morgan fingerprint density at radius 3 is 0.706 bits per heavy atom. The highest BCUT2D eigenvalue weighted by Gasteiger charge is 2.61. The van der Waals surface area contributed by atoms with E-state index < -0.39 is 82.0 Å². The minimum absolute atomic E-state index is 2.90. The van der Waals surface area contributed by atoms with E-state index in [4.69, 9.17) is 0 Å². The van der Waals surface area contributed by atoms with Crippen molar-refractivity contribution in [2.75, 3.05) is 0 Å². The first-order valence-corrected chi connectivity index (χ1v) is 7.90. The fraction of sp³-hybridized carbons (Fsp3) is 1.00. The van der Waals surface area contributed by atoms with Crippen molar-refractivity contribution in [1.29, 1.82) is 0 Å². The summed E-state index contributed by atoms with van der Waals surface area (Å²) < 4.78 is 238. The summed E-state index contributed by atoms with van der Waals surface area (Å²) in [7, 11) is -4.50. The minimum Gasteiger partial charge on any atom is -0.351 e. The topological polar surface area (TPSA) is 27.7 Å². The number of hydrogen-bond acceptors (Lipinski definition) is 3. The predicted molar refractivity (Wildman–Crippen MR) is 71.2 cm³/mol. The van der Waals surface area contributed by atoms with Gasteiger partial charge in [0.15, 0.2) is 0 Å². The number of rotatable bonds is 15. The van der Waals surface area contributed by atoms with Gasteiger partial charge in [0.05, 0.1) is 0 Å². The Hall–Kier alpha value is -1.32. The first-order chi connectivity index (χ1) is 15.1. The maximum atomic E-state index is 13.4. The van der Waals surface area contributed by atoms with Gasteiger partial charge in [0.2, 0.25) is 18.5 Å². The van der Waals surface area contributed by atoms with Gasteiger partial charge in [-0.3, -0.25) is 0 Å². The van der Waals surface area contributed by atoms with Crippen LogP contribution in [0.2, 0.25) is 0 Å². The van der Waals surface area contributed by atoms with Crippen LogP contribution in [0.25, 0.3) is 0 Å². The van der Waals surface area contributed by atoms with Crippen LogP contribution < -0.4 is 0 Å². The lowest BCUT2D eigenvalue weighted by atomic mass is 10.1. The van der Waals surface area contributed by atoms with E-state index >= 15 is 0 Å². The second-order valence-electron chi connectivity index (χ2n) is 5.88. The summed E-state index contributed by atoms with van der Waals surface area (Å²) in [6.45, 7) is 0. The Balaban J connectivity index is 5.94. The molecule has 0 aromatic heterocycles. The summed E-state index contributed by atoms with van der Waals surface area (Å²) in [4.78, 5) is 0. The fourth-order valence-electron chi connectivity index (χ4n) is 1.54.